The minimum absolute atomic E-state index is 0.0250. The summed E-state index contributed by atoms with van der Waals surface area (Å²) in [5.41, 5.74) is 5.44. The Bertz CT molecular complexity index is 466. The predicted octanol–water partition coefficient (Wildman–Crippen LogP) is 2.60. The molecule has 0 aromatic heterocycles. The number of nitrogens with zero attached hydrogens (tertiary/aromatic N) is 1. The topological polar surface area (TPSA) is 41.3 Å². The van der Waals surface area contributed by atoms with E-state index in [-0.39, 0.29) is 28.2 Å². The molecular weight excluding hydrogens is 280 g/mol. The summed E-state index contributed by atoms with van der Waals surface area (Å²) in [4.78, 5) is 1.94. The van der Waals surface area contributed by atoms with Crippen molar-refractivity contribution in [2.75, 3.05) is 26.0 Å². The van der Waals surface area contributed by atoms with Crippen LogP contribution in [0.25, 0.3) is 0 Å². The van der Waals surface area contributed by atoms with Gasteiger partial charge in [-0.1, -0.05) is 26.1 Å². The molecule has 0 heterocycles. The third-order valence-corrected chi connectivity index (χ3v) is 3.26. The lowest BCUT2D eigenvalue weighted by Gasteiger charge is -2.27. The Morgan fingerprint density at radius 2 is 1.80 bits per heavy atom. The molecule has 1 rings (SSSR count). The molecule has 0 aliphatic heterocycles. The summed E-state index contributed by atoms with van der Waals surface area (Å²) < 4.78 is 28.0. The first-order valence-corrected chi connectivity index (χ1v) is 6.83. The van der Waals surface area contributed by atoms with Gasteiger partial charge in [0.1, 0.15) is 22.3 Å². The molecule has 1 aromatic rings. The van der Waals surface area contributed by atoms with E-state index in [1.54, 1.807) is 0 Å². The van der Waals surface area contributed by atoms with E-state index in [4.69, 9.17) is 18.0 Å². The molecule has 0 aliphatic rings. The van der Waals surface area contributed by atoms with Crippen molar-refractivity contribution in [1.82, 2.24) is 4.90 Å². The summed E-state index contributed by atoms with van der Waals surface area (Å²) in [7, 11) is 3.83. The van der Waals surface area contributed by atoms with Crippen LogP contribution in [0.5, 0.6) is 0 Å². The Kier molecular flexibility index (Phi) is 5.83. The second kappa shape index (κ2) is 6.95. The maximum Gasteiger partial charge on any atom is 0.150 e. The molecule has 0 saturated carbocycles. The summed E-state index contributed by atoms with van der Waals surface area (Å²) in [5.74, 6) is -1.14. The quantitative estimate of drug-likeness (QED) is 0.793. The lowest BCUT2D eigenvalue weighted by molar-refractivity contribution is 0.343. The van der Waals surface area contributed by atoms with E-state index < -0.39 is 11.6 Å². The summed E-state index contributed by atoms with van der Waals surface area (Å²) in [6.45, 7) is 4.67. The van der Waals surface area contributed by atoms with Crippen LogP contribution < -0.4 is 11.1 Å². The Morgan fingerprint density at radius 1 is 1.30 bits per heavy atom. The number of nitrogens with two attached hydrogens (primary N) is 1. The molecule has 3 nitrogen and oxygen atoms in total. The number of nitrogens with one attached hydrogen (secondary N) is 1. The average Bonchev–Trinajstić information content (AvgIpc) is 2.30. The van der Waals surface area contributed by atoms with Crippen LogP contribution in [0.15, 0.2) is 12.1 Å². The zero-order chi connectivity index (χ0) is 15.4. The molecule has 1 aromatic carbocycles. The zero-order valence-electron chi connectivity index (χ0n) is 12.2. The fraction of sp³-hybridized carbons (Fsp3) is 0.500. The van der Waals surface area contributed by atoms with Crippen molar-refractivity contribution in [3.05, 3.63) is 29.3 Å². The molecule has 0 spiro atoms. The minimum atomic E-state index is -0.683. The zero-order valence-corrected chi connectivity index (χ0v) is 13.0. The van der Waals surface area contributed by atoms with Crippen LogP contribution in [-0.4, -0.2) is 36.6 Å². The van der Waals surface area contributed by atoms with Gasteiger partial charge in [0, 0.05) is 18.2 Å². The molecule has 1 atom stereocenters. The highest BCUT2D eigenvalue weighted by Gasteiger charge is 2.19. The maximum atomic E-state index is 14.0. The molecule has 0 saturated heterocycles. The highest BCUT2D eigenvalue weighted by Crippen LogP contribution is 2.23. The van der Waals surface area contributed by atoms with Crippen LogP contribution >= 0.6 is 12.2 Å². The second-order valence-electron chi connectivity index (χ2n) is 5.44. The highest BCUT2D eigenvalue weighted by molar-refractivity contribution is 7.80. The van der Waals surface area contributed by atoms with Crippen molar-refractivity contribution >= 4 is 22.9 Å². The summed E-state index contributed by atoms with van der Waals surface area (Å²) in [6.07, 6.45) is 0. The Labute approximate surface area is 124 Å². The van der Waals surface area contributed by atoms with E-state index in [0.29, 0.717) is 6.54 Å². The van der Waals surface area contributed by atoms with Gasteiger partial charge in [-0.3, -0.25) is 0 Å². The van der Waals surface area contributed by atoms with Crippen molar-refractivity contribution in [3.8, 4) is 0 Å². The molecule has 112 valence electrons. The first kappa shape index (κ1) is 16.8. The Balaban J connectivity index is 3.04. The number of rotatable bonds is 6. The number of benzene rings is 1. The number of likely N-dealkylation sites (N-methyl/N-ethyl adjacent to an activating group) is 1. The van der Waals surface area contributed by atoms with Gasteiger partial charge in [-0.25, -0.2) is 8.78 Å². The highest BCUT2D eigenvalue weighted by atomic mass is 32.1. The second-order valence-corrected chi connectivity index (χ2v) is 5.88. The minimum Gasteiger partial charge on any atom is -0.389 e. The average molecular weight is 301 g/mol. The first-order chi connectivity index (χ1) is 9.22. The molecule has 0 amide bonds. The number of hydrogen-bond donors (Lipinski definition) is 2. The molecule has 3 N–H and O–H groups in total. The third-order valence-electron chi connectivity index (χ3n) is 3.02. The number of hydrogen-bond acceptors (Lipinski definition) is 3. The van der Waals surface area contributed by atoms with Gasteiger partial charge in [0.2, 0.25) is 0 Å². The lowest BCUT2D eigenvalue weighted by Crippen LogP contribution is -2.37. The van der Waals surface area contributed by atoms with E-state index >= 15 is 0 Å². The summed E-state index contributed by atoms with van der Waals surface area (Å²) in [5, 5.41) is 2.94. The van der Waals surface area contributed by atoms with Gasteiger partial charge in [0.15, 0.2) is 0 Å². The van der Waals surface area contributed by atoms with Gasteiger partial charge in [0.25, 0.3) is 0 Å². The van der Waals surface area contributed by atoms with Gasteiger partial charge >= 0.3 is 0 Å². The van der Waals surface area contributed by atoms with Crippen molar-refractivity contribution in [2.24, 2.45) is 11.7 Å². The maximum absolute atomic E-state index is 14.0. The van der Waals surface area contributed by atoms with E-state index in [1.165, 1.54) is 0 Å². The molecule has 6 heteroatoms. The molecule has 20 heavy (non-hydrogen) atoms. The predicted molar refractivity (Wildman–Crippen MR) is 83.0 cm³/mol. The van der Waals surface area contributed by atoms with Gasteiger partial charge < -0.3 is 16.0 Å². The Morgan fingerprint density at radius 3 is 2.15 bits per heavy atom. The van der Waals surface area contributed by atoms with Crippen LogP contribution in [0.3, 0.4) is 0 Å². The van der Waals surface area contributed by atoms with Crippen molar-refractivity contribution in [3.63, 3.8) is 0 Å². The molecule has 0 radical (unpaired) electrons. The normalized spacial score (nSPS) is 12.8. The fourth-order valence-electron chi connectivity index (χ4n) is 1.86. The largest absolute Gasteiger partial charge is 0.389 e. The smallest absolute Gasteiger partial charge is 0.150 e. The van der Waals surface area contributed by atoms with Crippen LogP contribution in [0.1, 0.15) is 19.4 Å². The Hall–Kier alpha value is -1.27. The standard InChI is InChI=1S/C14H21F2N3S/c1-8(2)12(7-19(3)4)18-13-10(15)5-9(14(17)20)6-11(13)16/h5-6,8,12,18H,7H2,1-4H3,(H2,17,20). The summed E-state index contributed by atoms with van der Waals surface area (Å²) >= 11 is 4.73. The number of halogens is 2. The fourth-order valence-corrected chi connectivity index (χ4v) is 1.97. The van der Waals surface area contributed by atoms with Crippen LogP contribution in [0.4, 0.5) is 14.5 Å². The monoisotopic (exact) mass is 301 g/mol. The molecule has 0 bridgehead atoms. The lowest BCUT2D eigenvalue weighted by atomic mass is 10.0. The first-order valence-electron chi connectivity index (χ1n) is 6.42. The van der Waals surface area contributed by atoms with Gasteiger partial charge in [0.05, 0.1) is 0 Å². The van der Waals surface area contributed by atoms with Crippen molar-refractivity contribution in [2.45, 2.75) is 19.9 Å². The van der Waals surface area contributed by atoms with Gasteiger partial charge in [-0.05, 0) is 32.1 Å². The number of thiocarbonyl (C=S) groups is 1. The molecule has 0 aliphatic carbocycles. The van der Waals surface area contributed by atoms with E-state index in [0.717, 1.165) is 12.1 Å². The van der Waals surface area contributed by atoms with Crippen LogP contribution in [-0.2, 0) is 0 Å². The van der Waals surface area contributed by atoms with Crippen molar-refractivity contribution < 1.29 is 8.78 Å². The van der Waals surface area contributed by atoms with Crippen molar-refractivity contribution in [1.29, 1.82) is 0 Å². The number of anilines is 1. The summed E-state index contributed by atoms with van der Waals surface area (Å²) in [6, 6.07) is 2.24. The van der Waals surface area contributed by atoms with E-state index in [1.807, 2.05) is 32.8 Å². The van der Waals surface area contributed by atoms with E-state index in [2.05, 4.69) is 5.32 Å². The molecule has 1 unspecified atom stereocenters. The van der Waals surface area contributed by atoms with E-state index in [9.17, 15) is 8.78 Å². The van der Waals surface area contributed by atoms with Gasteiger partial charge in [-0.2, -0.15) is 0 Å². The third kappa shape index (κ3) is 4.38. The van der Waals surface area contributed by atoms with Crippen LogP contribution in [0.2, 0.25) is 0 Å². The van der Waals surface area contributed by atoms with Crippen LogP contribution in [0, 0.1) is 17.6 Å². The molecule has 0 fully saturated rings. The molecular formula is C14H21F2N3S. The van der Waals surface area contributed by atoms with Gasteiger partial charge in [-0.15, -0.1) is 0 Å². The SMILES string of the molecule is CC(C)C(CN(C)C)Nc1c(F)cc(C(N)=S)cc1F.